The van der Waals surface area contributed by atoms with Crippen LogP contribution in [0.15, 0.2) is 75.7 Å². The van der Waals surface area contributed by atoms with Crippen LogP contribution in [0.5, 0.6) is 0 Å². The maximum absolute atomic E-state index is 12.8. The third-order valence-corrected chi connectivity index (χ3v) is 6.14. The van der Waals surface area contributed by atoms with E-state index in [9.17, 15) is 18.6 Å². The molecule has 2 aromatic carbocycles. The number of morpholine rings is 1. The largest absolute Gasteiger partial charge is 0.395 e. The standard InChI is InChI=1S/C20H20N2O5S/c23-12-10-22-11-13-27-20(24)17-9-5-4-8-16(17)18(14-19(20)22)21-28(25,26)15-6-2-1-3-7-15/h1-9,14,23-24H,10-13H2. The monoisotopic (exact) mass is 400 g/mol. The molecule has 1 fully saturated rings. The fourth-order valence-electron chi connectivity index (χ4n) is 3.53. The lowest BCUT2D eigenvalue weighted by atomic mass is 9.86. The molecule has 0 spiro atoms. The molecule has 1 heterocycles. The fourth-order valence-corrected chi connectivity index (χ4v) is 4.55. The molecule has 2 aliphatic rings. The Morgan fingerprint density at radius 1 is 1.11 bits per heavy atom. The molecule has 146 valence electrons. The number of allylic oxidation sites excluding steroid dienone is 1. The minimum Gasteiger partial charge on any atom is -0.395 e. The van der Waals surface area contributed by atoms with Gasteiger partial charge in [-0.15, -0.1) is 0 Å². The molecule has 2 aromatic rings. The topological polar surface area (TPSA) is 99.4 Å². The first kappa shape index (κ1) is 18.8. The van der Waals surface area contributed by atoms with E-state index in [1.54, 1.807) is 47.4 Å². The molecule has 0 amide bonds. The van der Waals surface area contributed by atoms with Crippen LogP contribution in [-0.4, -0.2) is 55.5 Å². The lowest BCUT2D eigenvalue weighted by Crippen LogP contribution is -2.50. The fraction of sp³-hybridized carbons (Fsp3) is 0.250. The van der Waals surface area contributed by atoms with E-state index in [1.807, 2.05) is 0 Å². The van der Waals surface area contributed by atoms with E-state index >= 15 is 0 Å². The maximum Gasteiger partial charge on any atom is 0.282 e. The van der Waals surface area contributed by atoms with Gasteiger partial charge in [-0.05, 0) is 18.2 Å². The van der Waals surface area contributed by atoms with Crippen molar-refractivity contribution in [3.8, 4) is 0 Å². The Balaban J connectivity index is 1.90. The third kappa shape index (κ3) is 3.14. The predicted molar refractivity (Wildman–Crippen MR) is 103 cm³/mol. The summed E-state index contributed by atoms with van der Waals surface area (Å²) >= 11 is 0. The molecule has 2 N–H and O–H groups in total. The number of β-amino-alcohol motifs (C(OH)–C–C–N with tert-alkyl or cyclic N) is 1. The van der Waals surface area contributed by atoms with Gasteiger partial charge in [-0.2, -0.15) is 12.8 Å². The molecule has 0 radical (unpaired) electrons. The minimum atomic E-state index is -3.94. The van der Waals surface area contributed by atoms with E-state index in [2.05, 4.69) is 4.40 Å². The number of hydrogen-bond donors (Lipinski definition) is 2. The van der Waals surface area contributed by atoms with Crippen molar-refractivity contribution in [2.45, 2.75) is 10.7 Å². The first-order valence-corrected chi connectivity index (χ1v) is 10.3. The Bertz CT molecular complexity index is 1050. The first-order valence-electron chi connectivity index (χ1n) is 8.90. The highest BCUT2D eigenvalue weighted by molar-refractivity contribution is 7.90. The van der Waals surface area contributed by atoms with E-state index in [0.717, 1.165) is 0 Å². The van der Waals surface area contributed by atoms with E-state index in [4.69, 9.17) is 4.74 Å². The number of sulfonamides is 1. The van der Waals surface area contributed by atoms with Gasteiger partial charge in [-0.3, -0.25) is 0 Å². The number of aliphatic hydroxyl groups excluding tert-OH is 1. The van der Waals surface area contributed by atoms with Crippen LogP contribution in [0.25, 0.3) is 0 Å². The lowest BCUT2D eigenvalue weighted by Gasteiger charge is -2.45. The highest BCUT2D eigenvalue weighted by atomic mass is 32.2. The quantitative estimate of drug-likeness (QED) is 0.801. The molecule has 1 aliphatic heterocycles. The summed E-state index contributed by atoms with van der Waals surface area (Å²) in [5.41, 5.74) is 1.50. The Kier molecular flexibility index (Phi) is 4.80. The zero-order chi connectivity index (χ0) is 19.8. The Morgan fingerprint density at radius 2 is 1.82 bits per heavy atom. The van der Waals surface area contributed by atoms with Crippen LogP contribution in [-0.2, 0) is 20.5 Å². The number of fused-ring (bicyclic) bond motifs is 3. The third-order valence-electron chi connectivity index (χ3n) is 4.83. The van der Waals surface area contributed by atoms with Gasteiger partial charge in [-0.25, -0.2) is 0 Å². The predicted octanol–water partition coefficient (Wildman–Crippen LogP) is 1.23. The summed E-state index contributed by atoms with van der Waals surface area (Å²) in [6.45, 7) is 0.925. The molecule has 1 saturated heterocycles. The zero-order valence-electron chi connectivity index (χ0n) is 15.0. The number of nitrogens with zero attached hydrogens (tertiary/aromatic N) is 2. The van der Waals surface area contributed by atoms with Gasteiger partial charge in [0.2, 0.25) is 5.79 Å². The molecule has 1 aliphatic carbocycles. The highest BCUT2D eigenvalue weighted by Gasteiger charge is 2.46. The summed E-state index contributed by atoms with van der Waals surface area (Å²) < 4.78 is 35.3. The summed E-state index contributed by atoms with van der Waals surface area (Å²) in [5, 5.41) is 20.6. The van der Waals surface area contributed by atoms with Crippen molar-refractivity contribution in [3.05, 3.63) is 77.5 Å². The molecular weight excluding hydrogens is 380 g/mol. The van der Waals surface area contributed by atoms with Crippen molar-refractivity contribution < 1.29 is 23.4 Å². The second-order valence-electron chi connectivity index (χ2n) is 6.54. The Morgan fingerprint density at radius 3 is 2.57 bits per heavy atom. The second-order valence-corrected chi connectivity index (χ2v) is 8.15. The van der Waals surface area contributed by atoms with Gasteiger partial charge < -0.3 is 19.8 Å². The van der Waals surface area contributed by atoms with E-state index in [0.29, 0.717) is 29.9 Å². The zero-order valence-corrected chi connectivity index (χ0v) is 15.8. The van der Waals surface area contributed by atoms with Gasteiger partial charge >= 0.3 is 0 Å². The van der Waals surface area contributed by atoms with Crippen LogP contribution in [0.4, 0.5) is 0 Å². The molecule has 28 heavy (non-hydrogen) atoms. The molecule has 0 saturated carbocycles. The molecule has 8 heteroatoms. The number of hydrogen-bond acceptors (Lipinski definition) is 6. The highest BCUT2D eigenvalue weighted by Crippen LogP contribution is 2.41. The van der Waals surface area contributed by atoms with Gasteiger partial charge in [0.05, 0.1) is 29.5 Å². The van der Waals surface area contributed by atoms with Crippen LogP contribution in [0.3, 0.4) is 0 Å². The van der Waals surface area contributed by atoms with Crippen LogP contribution >= 0.6 is 0 Å². The first-order chi connectivity index (χ1) is 13.5. The van der Waals surface area contributed by atoms with Crippen molar-refractivity contribution in [2.24, 2.45) is 4.40 Å². The normalized spacial score (nSPS) is 23.1. The molecule has 0 bridgehead atoms. The van der Waals surface area contributed by atoms with Crippen LogP contribution < -0.4 is 0 Å². The Hall–Kier alpha value is -2.52. The number of rotatable bonds is 4. The summed E-state index contributed by atoms with van der Waals surface area (Å²) in [7, 11) is -3.94. The van der Waals surface area contributed by atoms with Crippen molar-refractivity contribution >= 4 is 15.7 Å². The van der Waals surface area contributed by atoms with Gasteiger partial charge in [0.1, 0.15) is 0 Å². The van der Waals surface area contributed by atoms with E-state index in [1.165, 1.54) is 18.2 Å². The van der Waals surface area contributed by atoms with Gasteiger partial charge in [0.25, 0.3) is 10.0 Å². The molecule has 1 unspecified atom stereocenters. The smallest absolute Gasteiger partial charge is 0.282 e. The van der Waals surface area contributed by atoms with Crippen molar-refractivity contribution in [1.29, 1.82) is 0 Å². The second kappa shape index (κ2) is 7.14. The maximum atomic E-state index is 12.8. The van der Waals surface area contributed by atoms with Gasteiger partial charge in [0.15, 0.2) is 0 Å². The van der Waals surface area contributed by atoms with Crippen molar-refractivity contribution in [1.82, 2.24) is 4.90 Å². The molecular formula is C20H20N2O5S. The van der Waals surface area contributed by atoms with Gasteiger partial charge in [0, 0.05) is 24.2 Å². The average molecular weight is 400 g/mol. The minimum absolute atomic E-state index is 0.0892. The number of aliphatic hydroxyl groups is 2. The van der Waals surface area contributed by atoms with Gasteiger partial charge in [-0.1, -0.05) is 42.5 Å². The SMILES string of the molecule is O=S(=O)(N=C1C=C2N(CCO)CCOC2(O)c2ccccc21)c1ccccc1. The summed E-state index contributed by atoms with van der Waals surface area (Å²) in [5.74, 6) is -1.71. The number of ether oxygens (including phenoxy) is 1. The molecule has 1 atom stereocenters. The summed E-state index contributed by atoms with van der Waals surface area (Å²) in [6, 6.07) is 14.9. The average Bonchev–Trinajstić information content (AvgIpc) is 2.70. The Labute approximate surface area is 163 Å². The van der Waals surface area contributed by atoms with E-state index < -0.39 is 15.8 Å². The van der Waals surface area contributed by atoms with Crippen LogP contribution in [0.1, 0.15) is 11.1 Å². The van der Waals surface area contributed by atoms with Crippen LogP contribution in [0, 0.1) is 0 Å². The van der Waals surface area contributed by atoms with Crippen LogP contribution in [0.2, 0.25) is 0 Å². The molecule has 4 rings (SSSR count). The van der Waals surface area contributed by atoms with Crippen molar-refractivity contribution in [3.63, 3.8) is 0 Å². The van der Waals surface area contributed by atoms with Crippen molar-refractivity contribution in [2.75, 3.05) is 26.3 Å². The summed E-state index contributed by atoms with van der Waals surface area (Å²) in [4.78, 5) is 1.87. The van der Waals surface area contributed by atoms with E-state index in [-0.39, 0.29) is 23.8 Å². The number of benzene rings is 2. The molecule has 7 nitrogen and oxygen atoms in total. The summed E-state index contributed by atoms with van der Waals surface area (Å²) in [6.07, 6.45) is 1.53. The lowest BCUT2D eigenvalue weighted by molar-refractivity contribution is -0.219. The molecule has 0 aromatic heterocycles.